The summed E-state index contributed by atoms with van der Waals surface area (Å²) in [7, 11) is 2.37. The van der Waals surface area contributed by atoms with Crippen molar-refractivity contribution in [3.63, 3.8) is 0 Å². The zero-order chi connectivity index (χ0) is 41.5. The van der Waals surface area contributed by atoms with Crippen LogP contribution in [-0.2, 0) is 9.53 Å². The van der Waals surface area contributed by atoms with Crippen molar-refractivity contribution in [2.75, 3.05) is 33.3 Å². The fourth-order valence-electron chi connectivity index (χ4n) is 15.8. The van der Waals surface area contributed by atoms with Gasteiger partial charge in [-0.25, -0.2) is 4.79 Å². The molecule has 0 saturated heterocycles. The van der Waals surface area contributed by atoms with E-state index in [-0.39, 0.29) is 28.3 Å². The molecule has 0 aromatic rings. The Morgan fingerprint density at radius 3 is 1.77 bits per heavy atom. The van der Waals surface area contributed by atoms with Crippen molar-refractivity contribution in [2.45, 2.75) is 228 Å². The molecule has 5 aliphatic rings. The smallest absolute Gasteiger partial charge is 0.362 e. The first kappa shape index (κ1) is 47.2. The standard InChI is InChI=1S/C53H96NO3/c1-11-13-15-17-19-21-23-25-37-54(10,38-26-24-22-20-18-16-14-12-2)39-47(56)57-46-31-32-50(7)44(49(46,5)6)30-33-52(9)45(50)28-27-43-48-42(41(3)4)29-34-53(48,40-55)36-35-51(43,52)8/h42-46,48,55H,3,11-40H2,1-2,4-10H3/q+1/t42-,43?,44?,45?,46-,48?,50-,51+,52+,53+/m0/s1. The first-order valence-corrected chi connectivity index (χ1v) is 25.4. The third kappa shape index (κ3) is 9.78. The Hall–Kier alpha value is -0.870. The quantitative estimate of drug-likeness (QED) is 0.0485. The van der Waals surface area contributed by atoms with Crippen molar-refractivity contribution < 1.29 is 19.1 Å². The van der Waals surface area contributed by atoms with E-state index < -0.39 is 0 Å². The summed E-state index contributed by atoms with van der Waals surface area (Å²) in [6, 6.07) is 0. The number of ether oxygens (including phenoxy) is 1. The molecule has 4 nitrogen and oxygen atoms in total. The lowest BCUT2D eigenvalue weighted by atomic mass is 9.32. The van der Waals surface area contributed by atoms with E-state index in [1.165, 1.54) is 166 Å². The molecule has 330 valence electrons. The number of aliphatic hydroxyl groups excluding tert-OH is 1. The predicted octanol–water partition coefficient (Wildman–Crippen LogP) is 14.3. The zero-order valence-corrected chi connectivity index (χ0v) is 39.6. The van der Waals surface area contributed by atoms with Crippen LogP contribution in [0.15, 0.2) is 12.2 Å². The second kappa shape index (κ2) is 19.9. The lowest BCUT2D eigenvalue weighted by molar-refractivity contribution is -0.903. The fourth-order valence-corrected chi connectivity index (χ4v) is 15.8. The molecule has 0 aliphatic heterocycles. The van der Waals surface area contributed by atoms with Crippen LogP contribution in [0.25, 0.3) is 0 Å². The zero-order valence-electron chi connectivity index (χ0n) is 39.6. The van der Waals surface area contributed by atoms with Crippen LogP contribution in [-0.4, -0.2) is 55.0 Å². The van der Waals surface area contributed by atoms with Gasteiger partial charge in [0.25, 0.3) is 0 Å². The summed E-state index contributed by atoms with van der Waals surface area (Å²) in [5, 5.41) is 10.9. The van der Waals surface area contributed by atoms with Gasteiger partial charge in [-0.1, -0.05) is 138 Å². The summed E-state index contributed by atoms with van der Waals surface area (Å²) in [6.07, 6.45) is 33.5. The molecule has 0 radical (unpaired) electrons. The van der Waals surface area contributed by atoms with Gasteiger partial charge in [0.2, 0.25) is 0 Å². The number of carbonyl (C=O) groups is 1. The molecule has 5 rings (SSSR count). The number of rotatable bonds is 23. The van der Waals surface area contributed by atoms with E-state index in [4.69, 9.17) is 4.74 Å². The van der Waals surface area contributed by atoms with E-state index in [1.807, 2.05) is 0 Å². The average molecular weight is 795 g/mol. The van der Waals surface area contributed by atoms with Crippen molar-refractivity contribution >= 4 is 5.97 Å². The van der Waals surface area contributed by atoms with Crippen molar-refractivity contribution in [3.8, 4) is 0 Å². The lowest BCUT2D eigenvalue weighted by Gasteiger charge is -2.73. The normalized spacial score (nSPS) is 37.2. The van der Waals surface area contributed by atoms with E-state index in [0.717, 1.165) is 24.0 Å². The van der Waals surface area contributed by atoms with Crippen LogP contribution in [0.5, 0.6) is 0 Å². The number of nitrogens with zero attached hydrogens (tertiary/aromatic N) is 1. The Labute approximate surface area is 354 Å². The minimum absolute atomic E-state index is 0.00807. The number of carbonyl (C=O) groups excluding carboxylic acids is 1. The highest BCUT2D eigenvalue weighted by molar-refractivity contribution is 5.71. The highest BCUT2D eigenvalue weighted by Gasteiger charge is 2.71. The maximum Gasteiger partial charge on any atom is 0.362 e. The maximum atomic E-state index is 14.2. The molecular formula is C53H96NO3+. The van der Waals surface area contributed by atoms with Crippen molar-refractivity contribution in [3.05, 3.63) is 12.2 Å². The summed E-state index contributed by atoms with van der Waals surface area (Å²) < 4.78 is 7.60. The van der Waals surface area contributed by atoms with Gasteiger partial charge in [-0.15, -0.1) is 0 Å². The Balaban J connectivity index is 1.22. The van der Waals surface area contributed by atoms with Gasteiger partial charge in [0, 0.05) is 12.0 Å². The predicted molar refractivity (Wildman–Crippen MR) is 242 cm³/mol. The minimum atomic E-state index is -0.0319. The van der Waals surface area contributed by atoms with Crippen LogP contribution < -0.4 is 0 Å². The molecule has 4 heteroatoms. The Kier molecular flexibility index (Phi) is 16.5. The highest BCUT2D eigenvalue weighted by atomic mass is 16.5. The molecule has 0 bridgehead atoms. The van der Waals surface area contributed by atoms with Crippen molar-refractivity contribution in [2.24, 2.45) is 56.7 Å². The second-order valence-electron chi connectivity index (χ2n) is 23.2. The van der Waals surface area contributed by atoms with Crippen LogP contribution in [0.4, 0.5) is 0 Å². The molecule has 5 fully saturated rings. The molecule has 1 N–H and O–H groups in total. The largest absolute Gasteiger partial charge is 0.458 e. The van der Waals surface area contributed by atoms with Gasteiger partial charge in [-0.05, 0) is 148 Å². The molecule has 10 atom stereocenters. The number of allylic oxidation sites excluding steroid dienone is 1. The highest BCUT2D eigenvalue weighted by Crippen LogP contribution is 2.77. The number of hydrogen-bond donors (Lipinski definition) is 1. The molecular weight excluding hydrogens is 699 g/mol. The van der Waals surface area contributed by atoms with Gasteiger partial charge in [-0.2, -0.15) is 0 Å². The Morgan fingerprint density at radius 2 is 1.23 bits per heavy atom. The molecule has 0 heterocycles. The lowest BCUT2D eigenvalue weighted by Crippen LogP contribution is -2.67. The number of hydrogen-bond acceptors (Lipinski definition) is 3. The van der Waals surface area contributed by atoms with Gasteiger partial charge in [0.15, 0.2) is 6.54 Å². The summed E-state index contributed by atoms with van der Waals surface area (Å²) in [5.41, 5.74) is 2.30. The van der Waals surface area contributed by atoms with Gasteiger partial charge >= 0.3 is 5.97 Å². The first-order chi connectivity index (χ1) is 27.1. The number of unbranched alkanes of at least 4 members (excludes halogenated alkanes) is 14. The Bertz CT molecular complexity index is 1270. The summed E-state index contributed by atoms with van der Waals surface area (Å²) in [5.74, 6) is 3.16. The summed E-state index contributed by atoms with van der Waals surface area (Å²) >= 11 is 0. The first-order valence-electron chi connectivity index (χ1n) is 25.4. The molecule has 5 aliphatic carbocycles. The fraction of sp³-hybridized carbons (Fsp3) is 0.943. The molecule has 0 spiro atoms. The third-order valence-corrected chi connectivity index (χ3v) is 19.4. The summed E-state index contributed by atoms with van der Waals surface area (Å²) in [6.45, 7) is 27.5. The molecule has 0 amide bonds. The topological polar surface area (TPSA) is 46.5 Å². The van der Waals surface area contributed by atoms with Crippen LogP contribution in [0, 0.1) is 56.7 Å². The van der Waals surface area contributed by atoms with E-state index >= 15 is 0 Å². The number of esters is 1. The molecule has 0 aromatic heterocycles. The van der Waals surface area contributed by atoms with Crippen LogP contribution in [0.3, 0.4) is 0 Å². The maximum absolute atomic E-state index is 14.2. The van der Waals surface area contributed by atoms with E-state index in [1.54, 1.807) is 0 Å². The second-order valence-corrected chi connectivity index (χ2v) is 23.2. The molecule has 0 aromatic carbocycles. The minimum Gasteiger partial charge on any atom is -0.458 e. The van der Waals surface area contributed by atoms with Crippen LogP contribution in [0.1, 0.15) is 222 Å². The number of quaternary nitrogens is 1. The average Bonchev–Trinajstić information content (AvgIpc) is 3.56. The van der Waals surface area contributed by atoms with Gasteiger partial charge in [-0.3, -0.25) is 0 Å². The molecule has 5 saturated carbocycles. The monoisotopic (exact) mass is 795 g/mol. The molecule has 4 unspecified atom stereocenters. The van der Waals surface area contributed by atoms with Crippen LogP contribution >= 0.6 is 0 Å². The van der Waals surface area contributed by atoms with Gasteiger partial charge in [0.1, 0.15) is 6.10 Å². The van der Waals surface area contributed by atoms with Crippen molar-refractivity contribution in [1.82, 2.24) is 0 Å². The number of likely N-dealkylation sites (N-methyl/N-ethyl adjacent to an activating group) is 1. The van der Waals surface area contributed by atoms with Gasteiger partial charge < -0.3 is 14.3 Å². The van der Waals surface area contributed by atoms with Crippen molar-refractivity contribution in [1.29, 1.82) is 0 Å². The Morgan fingerprint density at radius 1 is 0.667 bits per heavy atom. The van der Waals surface area contributed by atoms with Gasteiger partial charge in [0.05, 0.1) is 20.1 Å². The van der Waals surface area contributed by atoms with Crippen LogP contribution in [0.2, 0.25) is 0 Å². The van der Waals surface area contributed by atoms with E-state index in [2.05, 4.69) is 69.0 Å². The number of fused-ring (bicyclic) bond motifs is 7. The van der Waals surface area contributed by atoms with E-state index in [9.17, 15) is 9.90 Å². The SMILES string of the molecule is C=C(C)[C@@H]1CC[C@]2(CO)CC[C@]3(C)C(CCC4[C@@]5(C)CC[C@H](OC(=O)C[N+](C)(CCCCCCCCCC)CCCCCCCCCC)C(C)(C)C5CC[C@]43C)C12. The van der Waals surface area contributed by atoms with E-state index in [0.29, 0.717) is 53.6 Å². The number of aliphatic hydroxyl groups is 1. The molecule has 57 heavy (non-hydrogen) atoms. The third-order valence-electron chi connectivity index (χ3n) is 19.4. The summed E-state index contributed by atoms with van der Waals surface area (Å²) in [4.78, 5) is 14.2.